The summed E-state index contributed by atoms with van der Waals surface area (Å²) in [5.74, 6) is 0. The standard InChI is InChI=1S/C9H18.C2H3F/c1-3-5-7-9-8-6-4-2;1-2-3/h3H,1,4-9H2,2H3;2H,1H2. The van der Waals surface area contributed by atoms with E-state index >= 15 is 0 Å². The number of allylic oxidation sites excluding steroid dienone is 1. The van der Waals surface area contributed by atoms with Gasteiger partial charge in [-0.1, -0.05) is 45.3 Å². The van der Waals surface area contributed by atoms with Crippen LogP contribution in [0.1, 0.15) is 45.4 Å². The molecule has 0 unspecified atom stereocenters. The fourth-order valence-electron chi connectivity index (χ4n) is 0.892. The summed E-state index contributed by atoms with van der Waals surface area (Å²) in [4.78, 5) is 0. The van der Waals surface area contributed by atoms with E-state index in [1.807, 2.05) is 6.08 Å². The zero-order valence-electron chi connectivity index (χ0n) is 8.19. The minimum absolute atomic E-state index is 0.250. The lowest BCUT2D eigenvalue weighted by molar-refractivity contribution is 0.638. The zero-order valence-corrected chi connectivity index (χ0v) is 8.19. The summed E-state index contributed by atoms with van der Waals surface area (Å²) < 4.78 is 10.1. The van der Waals surface area contributed by atoms with Gasteiger partial charge in [0.1, 0.15) is 0 Å². The highest BCUT2D eigenvalue weighted by atomic mass is 19.1. The maximum Gasteiger partial charge on any atom is 0.0795 e. The van der Waals surface area contributed by atoms with Crippen LogP contribution >= 0.6 is 0 Å². The summed E-state index contributed by atoms with van der Waals surface area (Å²) in [6.45, 7) is 8.62. The molecular formula is C11H21F. The second-order valence-electron chi connectivity index (χ2n) is 2.65. The Hall–Kier alpha value is -0.590. The molecule has 0 amide bonds. The molecule has 12 heavy (non-hydrogen) atoms. The Morgan fingerprint density at radius 2 is 1.58 bits per heavy atom. The van der Waals surface area contributed by atoms with Crippen molar-refractivity contribution in [2.75, 3.05) is 0 Å². The summed E-state index contributed by atoms with van der Waals surface area (Å²) in [6.07, 6.45) is 10.3. The third-order valence-corrected chi connectivity index (χ3v) is 1.51. The Morgan fingerprint density at radius 3 is 2.00 bits per heavy atom. The Morgan fingerprint density at radius 1 is 1.08 bits per heavy atom. The molecule has 0 aromatic rings. The second-order valence-corrected chi connectivity index (χ2v) is 2.65. The Bertz CT molecular complexity index is 87.0. The van der Waals surface area contributed by atoms with Crippen LogP contribution < -0.4 is 0 Å². The molecule has 0 saturated carbocycles. The maximum atomic E-state index is 10.1. The second kappa shape index (κ2) is 16.8. The van der Waals surface area contributed by atoms with Crippen molar-refractivity contribution in [3.8, 4) is 0 Å². The van der Waals surface area contributed by atoms with Crippen molar-refractivity contribution in [3.63, 3.8) is 0 Å². The van der Waals surface area contributed by atoms with Crippen molar-refractivity contribution in [3.05, 3.63) is 25.6 Å². The lowest BCUT2D eigenvalue weighted by Gasteiger charge is -1.94. The molecule has 72 valence electrons. The highest BCUT2D eigenvalue weighted by molar-refractivity contribution is 4.65. The highest BCUT2D eigenvalue weighted by Crippen LogP contribution is 2.04. The summed E-state index contributed by atoms with van der Waals surface area (Å²) in [5, 5.41) is 0. The summed E-state index contributed by atoms with van der Waals surface area (Å²) in [5.41, 5.74) is 0. The van der Waals surface area contributed by atoms with Gasteiger partial charge >= 0.3 is 0 Å². The smallest absolute Gasteiger partial charge is 0.0795 e. The van der Waals surface area contributed by atoms with Crippen LogP contribution in [-0.2, 0) is 0 Å². The van der Waals surface area contributed by atoms with Gasteiger partial charge in [-0.3, -0.25) is 0 Å². The minimum atomic E-state index is 0.250. The van der Waals surface area contributed by atoms with Gasteiger partial charge < -0.3 is 0 Å². The van der Waals surface area contributed by atoms with E-state index in [0.29, 0.717) is 0 Å². The SMILES string of the molecule is C=CCCCCCCC.C=CF. The van der Waals surface area contributed by atoms with E-state index in [2.05, 4.69) is 20.1 Å². The largest absolute Gasteiger partial charge is 0.216 e. The molecule has 0 heterocycles. The van der Waals surface area contributed by atoms with Crippen molar-refractivity contribution in [2.45, 2.75) is 45.4 Å². The first kappa shape index (κ1) is 14.0. The molecule has 0 aromatic carbocycles. The van der Waals surface area contributed by atoms with Crippen LogP contribution in [-0.4, -0.2) is 0 Å². The van der Waals surface area contributed by atoms with Crippen LogP contribution in [0, 0.1) is 0 Å². The number of unbranched alkanes of at least 4 members (excludes halogenated alkanes) is 5. The Balaban J connectivity index is 0. The molecule has 0 N–H and O–H groups in total. The molecule has 0 aliphatic carbocycles. The van der Waals surface area contributed by atoms with E-state index in [-0.39, 0.29) is 6.33 Å². The highest BCUT2D eigenvalue weighted by Gasteiger charge is 1.84. The summed E-state index contributed by atoms with van der Waals surface area (Å²) in [6, 6.07) is 0. The normalized spacial score (nSPS) is 8.17. The average molecular weight is 172 g/mol. The fourth-order valence-corrected chi connectivity index (χ4v) is 0.892. The van der Waals surface area contributed by atoms with Gasteiger partial charge in [0.15, 0.2) is 0 Å². The maximum absolute atomic E-state index is 10.1. The lowest BCUT2D eigenvalue weighted by Crippen LogP contribution is -1.74. The van der Waals surface area contributed by atoms with E-state index in [9.17, 15) is 4.39 Å². The fraction of sp³-hybridized carbons (Fsp3) is 0.636. The number of halogens is 1. The zero-order chi connectivity index (χ0) is 9.66. The lowest BCUT2D eigenvalue weighted by atomic mass is 10.1. The molecule has 0 aromatic heterocycles. The van der Waals surface area contributed by atoms with Crippen molar-refractivity contribution in [1.29, 1.82) is 0 Å². The van der Waals surface area contributed by atoms with E-state index in [1.165, 1.54) is 38.5 Å². The first-order valence-electron chi connectivity index (χ1n) is 4.65. The van der Waals surface area contributed by atoms with Crippen molar-refractivity contribution in [1.82, 2.24) is 0 Å². The molecule has 0 aliphatic heterocycles. The molecule has 0 spiro atoms. The minimum Gasteiger partial charge on any atom is -0.216 e. The van der Waals surface area contributed by atoms with Crippen LogP contribution in [0.2, 0.25) is 0 Å². The Labute approximate surface area is 76.2 Å². The van der Waals surface area contributed by atoms with Gasteiger partial charge in [-0.25, -0.2) is 4.39 Å². The molecule has 0 aliphatic rings. The van der Waals surface area contributed by atoms with E-state index in [4.69, 9.17) is 0 Å². The van der Waals surface area contributed by atoms with Crippen LogP contribution in [0.3, 0.4) is 0 Å². The molecule has 0 nitrogen and oxygen atoms in total. The molecule has 0 saturated heterocycles. The molecule has 0 atom stereocenters. The topological polar surface area (TPSA) is 0 Å². The summed E-state index contributed by atoms with van der Waals surface area (Å²) >= 11 is 0. The van der Waals surface area contributed by atoms with Crippen molar-refractivity contribution < 1.29 is 4.39 Å². The molecule has 0 bridgehead atoms. The van der Waals surface area contributed by atoms with Crippen LogP contribution in [0.15, 0.2) is 25.6 Å². The average Bonchev–Trinajstić information content (AvgIpc) is 2.06. The van der Waals surface area contributed by atoms with Crippen LogP contribution in [0.5, 0.6) is 0 Å². The quantitative estimate of drug-likeness (QED) is 0.404. The third kappa shape index (κ3) is 22.7. The molecule has 0 radical (unpaired) electrons. The van der Waals surface area contributed by atoms with Crippen molar-refractivity contribution >= 4 is 0 Å². The van der Waals surface area contributed by atoms with Gasteiger partial charge in [0.25, 0.3) is 0 Å². The number of hydrogen-bond donors (Lipinski definition) is 0. The monoisotopic (exact) mass is 172 g/mol. The van der Waals surface area contributed by atoms with Gasteiger partial charge in [-0.2, -0.15) is 0 Å². The van der Waals surface area contributed by atoms with Crippen LogP contribution in [0.4, 0.5) is 4.39 Å². The van der Waals surface area contributed by atoms with Gasteiger partial charge in [0.05, 0.1) is 6.33 Å². The van der Waals surface area contributed by atoms with E-state index in [1.54, 1.807) is 0 Å². The molecule has 0 fully saturated rings. The van der Waals surface area contributed by atoms with Gasteiger partial charge in [0, 0.05) is 0 Å². The Kier molecular flexibility index (Phi) is 19.5. The summed E-state index contributed by atoms with van der Waals surface area (Å²) in [7, 11) is 0. The molecular weight excluding hydrogens is 151 g/mol. The van der Waals surface area contributed by atoms with E-state index < -0.39 is 0 Å². The number of rotatable bonds is 6. The van der Waals surface area contributed by atoms with Gasteiger partial charge in [-0.15, -0.1) is 6.58 Å². The predicted octanol–water partition coefficient (Wildman–Crippen LogP) is 4.63. The van der Waals surface area contributed by atoms with Gasteiger partial charge in [0.2, 0.25) is 0 Å². The third-order valence-electron chi connectivity index (χ3n) is 1.51. The van der Waals surface area contributed by atoms with Crippen molar-refractivity contribution in [2.24, 2.45) is 0 Å². The molecule has 0 rings (SSSR count). The van der Waals surface area contributed by atoms with Crippen LogP contribution in [0.25, 0.3) is 0 Å². The predicted molar refractivity (Wildman–Crippen MR) is 54.9 cm³/mol. The first-order valence-corrected chi connectivity index (χ1v) is 4.65. The van der Waals surface area contributed by atoms with Gasteiger partial charge in [-0.05, 0) is 12.8 Å². The molecule has 1 heteroatoms. The first-order chi connectivity index (χ1) is 5.83. The van der Waals surface area contributed by atoms with E-state index in [0.717, 1.165) is 0 Å². The number of hydrogen-bond acceptors (Lipinski definition) is 0.